The molecule has 3 nitrogen and oxygen atoms in total. The second-order valence-corrected chi connectivity index (χ2v) is 6.54. The van der Waals surface area contributed by atoms with E-state index >= 15 is 0 Å². The van der Waals surface area contributed by atoms with Crippen LogP contribution in [0.15, 0.2) is 53.9 Å². The summed E-state index contributed by atoms with van der Waals surface area (Å²) in [4.78, 5) is 0. The van der Waals surface area contributed by atoms with Gasteiger partial charge in [0.1, 0.15) is 6.33 Å². The van der Waals surface area contributed by atoms with Gasteiger partial charge in [0.25, 0.3) is 0 Å². The Morgan fingerprint density at radius 3 is 2.77 bits per heavy atom. The van der Waals surface area contributed by atoms with E-state index in [0.717, 1.165) is 27.2 Å². The smallest absolute Gasteiger partial charge is 0.195 e. The average molecular weight is 330 g/mol. The molecule has 0 aliphatic rings. The number of hydrogen-bond acceptors (Lipinski definition) is 3. The Labute approximate surface area is 139 Å². The van der Waals surface area contributed by atoms with E-state index < -0.39 is 0 Å². The molecule has 5 heteroatoms. The fraction of sp³-hybridized carbons (Fsp3) is 0.176. The van der Waals surface area contributed by atoms with E-state index in [1.54, 1.807) is 18.1 Å². The van der Waals surface area contributed by atoms with E-state index in [2.05, 4.69) is 41.4 Å². The molecule has 0 atom stereocenters. The van der Waals surface area contributed by atoms with E-state index in [9.17, 15) is 0 Å². The molecule has 0 radical (unpaired) electrons. The third-order valence-electron chi connectivity index (χ3n) is 3.40. The fourth-order valence-electron chi connectivity index (χ4n) is 2.18. The fourth-order valence-corrected chi connectivity index (χ4v) is 3.23. The molecule has 3 aromatic rings. The van der Waals surface area contributed by atoms with E-state index in [0.29, 0.717) is 0 Å². The molecule has 0 fully saturated rings. The zero-order valence-electron chi connectivity index (χ0n) is 12.5. The Balaban J connectivity index is 1.81. The molecule has 0 spiro atoms. The number of rotatable bonds is 4. The standard InChI is InChI=1S/C17H16ClN3S/c1-12-4-3-5-14(8-12)10-22-17-20-19-11-21(17)15-7-6-13(2)16(18)9-15/h3-9,11H,10H2,1-2H3. The average Bonchev–Trinajstić information content (AvgIpc) is 2.96. The zero-order chi connectivity index (χ0) is 15.5. The van der Waals surface area contributed by atoms with Gasteiger partial charge in [-0.25, -0.2) is 0 Å². The van der Waals surface area contributed by atoms with Crippen molar-refractivity contribution < 1.29 is 0 Å². The molecular formula is C17H16ClN3S. The molecular weight excluding hydrogens is 314 g/mol. The Morgan fingerprint density at radius 1 is 1.14 bits per heavy atom. The molecule has 1 heterocycles. The van der Waals surface area contributed by atoms with Gasteiger partial charge in [-0.05, 0) is 37.1 Å². The van der Waals surface area contributed by atoms with Crippen LogP contribution in [0, 0.1) is 13.8 Å². The van der Waals surface area contributed by atoms with Crippen molar-refractivity contribution in [3.05, 3.63) is 70.5 Å². The van der Waals surface area contributed by atoms with Crippen LogP contribution in [-0.2, 0) is 5.75 Å². The van der Waals surface area contributed by atoms with Crippen molar-refractivity contribution in [3.8, 4) is 5.69 Å². The Kier molecular flexibility index (Phi) is 4.50. The molecule has 0 N–H and O–H groups in total. The van der Waals surface area contributed by atoms with Crippen LogP contribution in [0.4, 0.5) is 0 Å². The molecule has 0 unspecified atom stereocenters. The van der Waals surface area contributed by atoms with Crippen LogP contribution in [0.1, 0.15) is 16.7 Å². The van der Waals surface area contributed by atoms with Crippen LogP contribution in [0.25, 0.3) is 5.69 Å². The van der Waals surface area contributed by atoms with E-state index in [1.165, 1.54) is 11.1 Å². The second-order valence-electron chi connectivity index (χ2n) is 5.19. The van der Waals surface area contributed by atoms with E-state index in [-0.39, 0.29) is 0 Å². The first-order valence-corrected chi connectivity index (χ1v) is 8.35. The third kappa shape index (κ3) is 3.34. The van der Waals surface area contributed by atoms with Gasteiger partial charge in [-0.3, -0.25) is 4.57 Å². The highest BCUT2D eigenvalue weighted by atomic mass is 35.5. The highest BCUT2D eigenvalue weighted by molar-refractivity contribution is 7.98. The maximum Gasteiger partial charge on any atom is 0.195 e. The van der Waals surface area contributed by atoms with Gasteiger partial charge in [-0.2, -0.15) is 0 Å². The highest BCUT2D eigenvalue weighted by Crippen LogP contribution is 2.26. The van der Waals surface area contributed by atoms with Crippen molar-refractivity contribution in [2.24, 2.45) is 0 Å². The molecule has 3 rings (SSSR count). The molecule has 0 aliphatic heterocycles. The van der Waals surface area contributed by atoms with Crippen LogP contribution in [-0.4, -0.2) is 14.8 Å². The Hall–Kier alpha value is -1.78. The number of aromatic nitrogens is 3. The first kappa shape index (κ1) is 15.1. The van der Waals surface area contributed by atoms with Gasteiger partial charge in [-0.15, -0.1) is 10.2 Å². The Bertz CT molecular complexity index is 798. The molecule has 0 aliphatic carbocycles. The van der Waals surface area contributed by atoms with Gasteiger partial charge < -0.3 is 0 Å². The van der Waals surface area contributed by atoms with Crippen LogP contribution < -0.4 is 0 Å². The van der Waals surface area contributed by atoms with E-state index in [4.69, 9.17) is 11.6 Å². The molecule has 0 saturated heterocycles. The quantitative estimate of drug-likeness (QED) is 0.642. The number of hydrogen-bond donors (Lipinski definition) is 0. The SMILES string of the molecule is Cc1cccc(CSc2nncn2-c2ccc(C)c(Cl)c2)c1. The first-order valence-electron chi connectivity index (χ1n) is 6.98. The molecule has 112 valence electrons. The lowest BCUT2D eigenvalue weighted by Crippen LogP contribution is -1.96. The van der Waals surface area contributed by atoms with Crippen molar-refractivity contribution in [1.82, 2.24) is 14.8 Å². The summed E-state index contributed by atoms with van der Waals surface area (Å²) in [5, 5.41) is 9.86. The van der Waals surface area contributed by atoms with Gasteiger partial charge in [0.15, 0.2) is 5.16 Å². The van der Waals surface area contributed by atoms with Crippen molar-refractivity contribution in [2.75, 3.05) is 0 Å². The largest absolute Gasteiger partial charge is 0.277 e. The van der Waals surface area contributed by atoms with Gasteiger partial charge in [0, 0.05) is 10.8 Å². The molecule has 2 aromatic carbocycles. The summed E-state index contributed by atoms with van der Waals surface area (Å²) in [6.07, 6.45) is 1.72. The predicted molar refractivity (Wildman–Crippen MR) is 91.8 cm³/mol. The zero-order valence-corrected chi connectivity index (χ0v) is 14.0. The predicted octanol–water partition coefficient (Wildman–Crippen LogP) is 4.83. The minimum atomic E-state index is 0.751. The summed E-state index contributed by atoms with van der Waals surface area (Å²) in [7, 11) is 0. The van der Waals surface area contributed by atoms with Crippen molar-refractivity contribution >= 4 is 23.4 Å². The van der Waals surface area contributed by atoms with Crippen LogP contribution >= 0.6 is 23.4 Å². The normalized spacial score (nSPS) is 10.9. The van der Waals surface area contributed by atoms with Crippen molar-refractivity contribution in [3.63, 3.8) is 0 Å². The lowest BCUT2D eigenvalue weighted by Gasteiger charge is -2.08. The lowest BCUT2D eigenvalue weighted by molar-refractivity contribution is 0.883. The van der Waals surface area contributed by atoms with E-state index in [1.807, 2.05) is 29.7 Å². The molecule has 0 saturated carbocycles. The van der Waals surface area contributed by atoms with Gasteiger partial charge in [-0.1, -0.05) is 59.3 Å². The summed E-state index contributed by atoms with van der Waals surface area (Å²) in [6.45, 7) is 4.09. The first-order chi connectivity index (χ1) is 10.6. The number of thioether (sulfide) groups is 1. The summed E-state index contributed by atoms with van der Waals surface area (Å²) < 4.78 is 1.96. The summed E-state index contributed by atoms with van der Waals surface area (Å²) in [6, 6.07) is 14.5. The van der Waals surface area contributed by atoms with Crippen molar-refractivity contribution in [1.29, 1.82) is 0 Å². The monoisotopic (exact) mass is 329 g/mol. The minimum absolute atomic E-state index is 0.751. The molecule has 0 amide bonds. The van der Waals surface area contributed by atoms with Crippen LogP contribution in [0.3, 0.4) is 0 Å². The topological polar surface area (TPSA) is 30.7 Å². The van der Waals surface area contributed by atoms with Crippen LogP contribution in [0.2, 0.25) is 5.02 Å². The summed E-state index contributed by atoms with van der Waals surface area (Å²) in [5.41, 5.74) is 4.59. The highest BCUT2D eigenvalue weighted by Gasteiger charge is 2.08. The maximum atomic E-state index is 6.21. The van der Waals surface area contributed by atoms with Gasteiger partial charge in [0.05, 0.1) is 5.69 Å². The lowest BCUT2D eigenvalue weighted by atomic mass is 10.2. The minimum Gasteiger partial charge on any atom is -0.277 e. The Morgan fingerprint density at radius 2 is 2.00 bits per heavy atom. The number of benzene rings is 2. The number of aryl methyl sites for hydroxylation is 2. The number of nitrogens with zero attached hydrogens (tertiary/aromatic N) is 3. The summed E-state index contributed by atoms with van der Waals surface area (Å²) >= 11 is 7.88. The molecule has 1 aromatic heterocycles. The maximum absolute atomic E-state index is 6.21. The van der Waals surface area contributed by atoms with Gasteiger partial charge in [0.2, 0.25) is 0 Å². The second kappa shape index (κ2) is 6.55. The van der Waals surface area contributed by atoms with Gasteiger partial charge >= 0.3 is 0 Å². The summed E-state index contributed by atoms with van der Waals surface area (Å²) in [5.74, 6) is 0.861. The third-order valence-corrected chi connectivity index (χ3v) is 4.82. The molecule has 0 bridgehead atoms. The van der Waals surface area contributed by atoms with Crippen LogP contribution in [0.5, 0.6) is 0 Å². The van der Waals surface area contributed by atoms with Crippen molar-refractivity contribution in [2.45, 2.75) is 24.8 Å². The molecule has 22 heavy (non-hydrogen) atoms. The number of halogens is 1.